The Morgan fingerprint density at radius 3 is 3.25 bits per heavy atom. The van der Waals surface area contributed by atoms with Crippen LogP contribution in [0.4, 0.5) is 0 Å². The smallest absolute Gasteiger partial charge is 0.0797 e. The number of thiazole rings is 1. The van der Waals surface area contributed by atoms with Crippen molar-refractivity contribution in [2.24, 2.45) is 0 Å². The molecule has 42 valence electrons. The molecule has 0 N–H and O–H groups in total. The average molecular weight is 125 g/mol. The largest absolute Gasteiger partial charge is 0.249 e. The minimum Gasteiger partial charge on any atom is -0.249 e. The molecule has 1 aliphatic carbocycles. The third kappa shape index (κ3) is 0.388. The molecule has 1 aromatic rings. The molecule has 1 unspecified atom stereocenters. The van der Waals surface area contributed by atoms with E-state index < -0.39 is 0 Å². The third-order valence-electron chi connectivity index (χ3n) is 1.62. The Morgan fingerprint density at radius 2 is 2.75 bits per heavy atom. The highest BCUT2D eigenvalue weighted by Gasteiger charge is 2.24. The molecule has 1 nitrogen and oxygen atoms in total. The van der Waals surface area contributed by atoms with Crippen molar-refractivity contribution in [2.45, 2.75) is 19.3 Å². The molecule has 0 saturated carbocycles. The van der Waals surface area contributed by atoms with Gasteiger partial charge >= 0.3 is 0 Å². The van der Waals surface area contributed by atoms with Crippen molar-refractivity contribution in [3.8, 4) is 0 Å². The van der Waals surface area contributed by atoms with Gasteiger partial charge < -0.3 is 0 Å². The molecule has 1 aliphatic rings. The van der Waals surface area contributed by atoms with Crippen LogP contribution in [-0.2, 0) is 6.42 Å². The number of hydrogen-bond donors (Lipinski definition) is 0. The highest BCUT2D eigenvalue weighted by Crippen LogP contribution is 2.36. The maximum atomic E-state index is 4.17. The predicted molar refractivity (Wildman–Crippen MR) is 34.2 cm³/mol. The second kappa shape index (κ2) is 1.32. The Labute approximate surface area is 52.4 Å². The van der Waals surface area contributed by atoms with Crippen LogP contribution in [0.3, 0.4) is 0 Å². The van der Waals surface area contributed by atoms with Crippen LogP contribution >= 0.6 is 11.3 Å². The standard InChI is InChI=1S/C6H7NS/c1-4-2-5-6(4)8-3-7-5/h3-4H,2H2,1H3. The maximum absolute atomic E-state index is 4.17. The van der Waals surface area contributed by atoms with E-state index in [-0.39, 0.29) is 0 Å². The minimum atomic E-state index is 0.803. The van der Waals surface area contributed by atoms with Crippen molar-refractivity contribution >= 4 is 11.3 Å². The van der Waals surface area contributed by atoms with Crippen LogP contribution in [0.25, 0.3) is 0 Å². The number of rotatable bonds is 0. The zero-order valence-electron chi connectivity index (χ0n) is 4.72. The fraction of sp³-hybridized carbons (Fsp3) is 0.500. The third-order valence-corrected chi connectivity index (χ3v) is 2.72. The molecule has 8 heavy (non-hydrogen) atoms. The van der Waals surface area contributed by atoms with Crippen LogP contribution in [0.15, 0.2) is 5.51 Å². The first-order valence-electron chi connectivity index (χ1n) is 2.80. The predicted octanol–water partition coefficient (Wildman–Crippen LogP) is 1.80. The van der Waals surface area contributed by atoms with Crippen LogP contribution in [0.1, 0.15) is 23.4 Å². The molecule has 0 bridgehead atoms. The Hall–Kier alpha value is -0.370. The first-order chi connectivity index (χ1) is 3.88. The monoisotopic (exact) mass is 125 g/mol. The Kier molecular flexibility index (Phi) is 0.742. The topological polar surface area (TPSA) is 12.9 Å². The molecule has 0 amide bonds. The van der Waals surface area contributed by atoms with Crippen molar-refractivity contribution in [3.63, 3.8) is 0 Å². The van der Waals surface area contributed by atoms with Gasteiger partial charge in [0.2, 0.25) is 0 Å². The summed E-state index contributed by atoms with van der Waals surface area (Å²) in [5.41, 5.74) is 3.27. The Bertz CT molecular complexity index is 204. The number of aromatic nitrogens is 1. The SMILES string of the molecule is CC1Cc2ncsc21. The highest BCUT2D eigenvalue weighted by molar-refractivity contribution is 7.10. The van der Waals surface area contributed by atoms with Gasteiger partial charge in [0.15, 0.2) is 0 Å². The molecule has 1 aromatic heterocycles. The lowest BCUT2D eigenvalue weighted by molar-refractivity contribution is 0.667. The van der Waals surface area contributed by atoms with Gasteiger partial charge in [0.25, 0.3) is 0 Å². The summed E-state index contributed by atoms with van der Waals surface area (Å²) in [7, 11) is 0. The van der Waals surface area contributed by atoms with E-state index in [2.05, 4.69) is 11.9 Å². The summed E-state index contributed by atoms with van der Waals surface area (Å²) in [5.74, 6) is 0.803. The van der Waals surface area contributed by atoms with Crippen LogP contribution in [0.2, 0.25) is 0 Å². The first-order valence-corrected chi connectivity index (χ1v) is 3.68. The normalized spacial score (nSPS) is 24.4. The van der Waals surface area contributed by atoms with E-state index in [1.165, 1.54) is 17.0 Å². The molecule has 0 fully saturated rings. The van der Waals surface area contributed by atoms with Gasteiger partial charge in [-0.05, 0) is 12.3 Å². The summed E-state index contributed by atoms with van der Waals surface area (Å²) in [6.45, 7) is 2.25. The van der Waals surface area contributed by atoms with E-state index in [0.29, 0.717) is 0 Å². The Morgan fingerprint density at radius 1 is 1.88 bits per heavy atom. The van der Waals surface area contributed by atoms with Crippen molar-refractivity contribution in [1.29, 1.82) is 0 Å². The Balaban J connectivity index is 2.53. The highest BCUT2D eigenvalue weighted by atomic mass is 32.1. The lowest BCUT2D eigenvalue weighted by atomic mass is 9.91. The zero-order chi connectivity index (χ0) is 5.56. The number of nitrogens with zero attached hydrogens (tertiary/aromatic N) is 1. The van der Waals surface area contributed by atoms with Gasteiger partial charge in [0.1, 0.15) is 0 Å². The summed E-state index contributed by atoms with van der Waals surface area (Å²) in [6.07, 6.45) is 1.21. The molecule has 2 rings (SSSR count). The van der Waals surface area contributed by atoms with Gasteiger partial charge in [-0.15, -0.1) is 11.3 Å². The number of hydrogen-bond acceptors (Lipinski definition) is 2. The second-order valence-corrected chi connectivity index (χ2v) is 3.15. The van der Waals surface area contributed by atoms with Gasteiger partial charge in [-0.2, -0.15) is 0 Å². The summed E-state index contributed by atoms with van der Waals surface area (Å²) in [5, 5.41) is 0. The molecular weight excluding hydrogens is 118 g/mol. The summed E-state index contributed by atoms with van der Waals surface area (Å²) in [4.78, 5) is 5.68. The van der Waals surface area contributed by atoms with Crippen molar-refractivity contribution in [1.82, 2.24) is 4.98 Å². The molecule has 0 aliphatic heterocycles. The quantitative estimate of drug-likeness (QED) is 0.515. The average Bonchev–Trinajstić information content (AvgIpc) is 2.09. The van der Waals surface area contributed by atoms with Crippen LogP contribution in [0, 0.1) is 0 Å². The molecule has 0 radical (unpaired) electrons. The van der Waals surface area contributed by atoms with E-state index in [4.69, 9.17) is 0 Å². The van der Waals surface area contributed by atoms with E-state index in [1.807, 2.05) is 5.51 Å². The lowest BCUT2D eigenvalue weighted by Crippen LogP contribution is -2.10. The lowest BCUT2D eigenvalue weighted by Gasteiger charge is -2.18. The fourth-order valence-corrected chi connectivity index (χ4v) is 1.97. The summed E-state index contributed by atoms with van der Waals surface area (Å²) < 4.78 is 0. The molecule has 0 aromatic carbocycles. The van der Waals surface area contributed by atoms with Crippen LogP contribution in [-0.4, -0.2) is 4.98 Å². The van der Waals surface area contributed by atoms with Gasteiger partial charge in [0, 0.05) is 4.88 Å². The fourth-order valence-electron chi connectivity index (χ4n) is 1.08. The first kappa shape index (κ1) is 4.50. The van der Waals surface area contributed by atoms with E-state index in [9.17, 15) is 0 Å². The zero-order valence-corrected chi connectivity index (χ0v) is 5.53. The molecule has 1 atom stereocenters. The van der Waals surface area contributed by atoms with Crippen LogP contribution in [0.5, 0.6) is 0 Å². The molecular formula is C6H7NS. The van der Waals surface area contributed by atoms with Gasteiger partial charge in [-0.25, -0.2) is 4.98 Å². The maximum Gasteiger partial charge on any atom is 0.0797 e. The van der Waals surface area contributed by atoms with Crippen molar-refractivity contribution in [2.75, 3.05) is 0 Å². The second-order valence-electron chi connectivity index (χ2n) is 2.27. The minimum absolute atomic E-state index is 0.803. The number of fused-ring (bicyclic) bond motifs is 1. The molecule has 0 spiro atoms. The van der Waals surface area contributed by atoms with Gasteiger partial charge in [-0.3, -0.25) is 0 Å². The molecule has 0 saturated heterocycles. The molecule has 2 heteroatoms. The van der Waals surface area contributed by atoms with E-state index >= 15 is 0 Å². The van der Waals surface area contributed by atoms with Crippen molar-refractivity contribution < 1.29 is 0 Å². The van der Waals surface area contributed by atoms with E-state index in [1.54, 1.807) is 11.3 Å². The summed E-state index contributed by atoms with van der Waals surface area (Å²) >= 11 is 1.79. The van der Waals surface area contributed by atoms with Gasteiger partial charge in [0.05, 0.1) is 11.2 Å². The van der Waals surface area contributed by atoms with Crippen molar-refractivity contribution in [3.05, 3.63) is 16.1 Å². The van der Waals surface area contributed by atoms with Crippen LogP contribution < -0.4 is 0 Å². The van der Waals surface area contributed by atoms with Gasteiger partial charge in [-0.1, -0.05) is 6.92 Å². The van der Waals surface area contributed by atoms with E-state index in [0.717, 1.165) is 5.92 Å². The molecule has 1 heterocycles. The summed E-state index contributed by atoms with van der Waals surface area (Å²) in [6, 6.07) is 0.